The third-order valence-corrected chi connectivity index (χ3v) is 11.7. The van der Waals surface area contributed by atoms with E-state index in [-0.39, 0.29) is 45.6 Å². The van der Waals surface area contributed by atoms with Crippen LogP contribution < -0.4 is 29.1 Å². The van der Waals surface area contributed by atoms with Crippen LogP contribution in [0.2, 0.25) is 0 Å². The molecule has 0 radical (unpaired) electrons. The van der Waals surface area contributed by atoms with Gasteiger partial charge in [0.05, 0.1) is 33.5 Å². The molecule has 1 aromatic heterocycles. The van der Waals surface area contributed by atoms with E-state index in [1.807, 2.05) is 0 Å². The molecule has 3 aliphatic rings. The van der Waals surface area contributed by atoms with Gasteiger partial charge in [-0.25, -0.2) is 4.79 Å². The minimum atomic E-state index is -2.09. The molecule has 24 nitrogen and oxygen atoms in total. The first-order valence-electron chi connectivity index (χ1n) is 21.2. The number of fused-ring (bicyclic) bond motifs is 1. The Hall–Kier alpha value is -6.00. The van der Waals surface area contributed by atoms with Gasteiger partial charge in [-0.05, 0) is 55.8 Å². The molecule has 4 aromatic rings. The smallest absolute Gasteiger partial charge is 0.330 e. The molecule has 0 saturated carbocycles. The van der Waals surface area contributed by atoms with E-state index in [0.29, 0.717) is 5.56 Å². The van der Waals surface area contributed by atoms with Gasteiger partial charge in [-0.15, -0.1) is 0 Å². The standard InChI is InChI=1S/C45H52O24/c1-16-30(49)35(54)38(57)43(63-16)65-20-13-22(47)29-24(14-20)66-40(19-7-8-21(46)23(12-19)59-3)41(34(29)53)68-45-42(69-44-39(58)36(55)31(50)17(2)64-44)37(56)33(52)27(67-45)15-62-28(48)9-6-18-10-25(60-4)32(51)26(11-18)61-5/h6-14,16-17,27,30-31,33,35-39,42-47,49-52,54-58H,15H2,1-5H3/b9-6+/t16?,17?,27?,30-,31-,33+,35?,36?,37?,38-,39-,42-,43-,44?,45-/m0/s1. The van der Waals surface area contributed by atoms with Gasteiger partial charge < -0.3 is 108 Å². The quantitative estimate of drug-likeness (QED) is 0.0539. The van der Waals surface area contributed by atoms with Crippen LogP contribution in [-0.2, 0) is 28.5 Å². The van der Waals surface area contributed by atoms with Crippen molar-refractivity contribution in [3.63, 3.8) is 0 Å². The molecular formula is C45H52O24. The average Bonchev–Trinajstić information content (AvgIpc) is 3.32. The van der Waals surface area contributed by atoms with E-state index in [0.717, 1.165) is 18.2 Å². The van der Waals surface area contributed by atoms with E-state index < -0.39 is 133 Å². The average molecular weight is 977 g/mol. The molecule has 376 valence electrons. The highest BCUT2D eigenvalue weighted by Crippen LogP contribution is 2.42. The number of esters is 1. The summed E-state index contributed by atoms with van der Waals surface area (Å²) in [5.74, 6) is -3.93. The fraction of sp³-hybridized carbons (Fsp3) is 0.467. The fourth-order valence-electron chi connectivity index (χ4n) is 7.75. The molecule has 0 aliphatic carbocycles. The number of rotatable bonds is 14. The molecular weight excluding hydrogens is 924 g/mol. The number of aromatic hydroxyl groups is 3. The lowest BCUT2D eigenvalue weighted by atomic mass is 9.97. The number of ether oxygens (including phenoxy) is 10. The van der Waals surface area contributed by atoms with Crippen molar-refractivity contribution in [3.05, 3.63) is 64.3 Å². The van der Waals surface area contributed by atoms with Crippen molar-refractivity contribution >= 4 is 23.0 Å². The van der Waals surface area contributed by atoms with Gasteiger partial charge in [0.15, 0.2) is 41.2 Å². The Labute approximate surface area is 390 Å². The number of carbonyl (C=O) groups excluding carboxylic acids is 1. The Morgan fingerprint density at radius 2 is 1.26 bits per heavy atom. The lowest BCUT2D eigenvalue weighted by Gasteiger charge is -2.45. The van der Waals surface area contributed by atoms with Crippen LogP contribution in [0.5, 0.6) is 46.0 Å². The van der Waals surface area contributed by atoms with Gasteiger partial charge in [0.25, 0.3) is 0 Å². The topological polar surface area (TPSA) is 362 Å². The van der Waals surface area contributed by atoms with Crippen molar-refractivity contribution < 1.29 is 113 Å². The Balaban J connectivity index is 1.26. The highest BCUT2D eigenvalue weighted by atomic mass is 16.8. The number of hydrogen-bond donors (Lipinski definition) is 11. The monoisotopic (exact) mass is 976 g/mol. The second-order valence-corrected chi connectivity index (χ2v) is 16.3. The first kappa shape index (κ1) is 50.9. The SMILES string of the molecule is COc1cc(-c2oc3cc(O[C@@H]4OC(C)[C@H](O)C(O)[C@@H]4O)cc(O)c3c(=O)c2O[C@@H]2OC(COC(=O)/C=C/c3cc(OC)c(O)c(OC)c3)[C@@H](O)C(O)[C@@H]2OC2OC(C)[C@H](O)C(O)[C@@H]2O)ccc1O. The number of hydrogen-bond acceptors (Lipinski definition) is 24. The molecule has 3 saturated heterocycles. The number of phenolic OH excluding ortho intramolecular Hbond substituents is 3. The molecule has 0 bridgehead atoms. The molecule has 69 heavy (non-hydrogen) atoms. The number of methoxy groups -OCH3 is 3. The molecule has 3 fully saturated rings. The minimum absolute atomic E-state index is 0.0200. The van der Waals surface area contributed by atoms with Gasteiger partial charge in [-0.3, -0.25) is 4.79 Å². The Morgan fingerprint density at radius 3 is 1.88 bits per heavy atom. The van der Waals surface area contributed by atoms with Gasteiger partial charge >= 0.3 is 5.97 Å². The number of benzene rings is 3. The normalized spacial score (nSPS) is 31.6. The molecule has 4 heterocycles. The van der Waals surface area contributed by atoms with Crippen LogP contribution in [0.15, 0.2) is 57.8 Å². The predicted molar refractivity (Wildman–Crippen MR) is 231 cm³/mol. The summed E-state index contributed by atoms with van der Waals surface area (Å²) in [5.41, 5.74) is -1.18. The maximum atomic E-state index is 14.7. The van der Waals surface area contributed by atoms with Crippen LogP contribution in [0, 0.1) is 0 Å². The Bertz CT molecular complexity index is 2540. The number of phenols is 3. The summed E-state index contributed by atoms with van der Waals surface area (Å²) in [6.45, 7) is 1.98. The zero-order chi connectivity index (χ0) is 50.2. The Kier molecular flexibility index (Phi) is 15.4. The predicted octanol–water partition coefficient (Wildman–Crippen LogP) is -0.896. The van der Waals surface area contributed by atoms with Crippen molar-refractivity contribution in [3.8, 4) is 57.3 Å². The summed E-state index contributed by atoms with van der Waals surface area (Å²) < 4.78 is 62.0. The molecule has 0 spiro atoms. The molecule has 3 aliphatic heterocycles. The number of aliphatic hydroxyl groups excluding tert-OH is 8. The van der Waals surface area contributed by atoms with Gasteiger partial charge in [-0.1, -0.05) is 0 Å². The number of aliphatic hydroxyl groups is 8. The fourth-order valence-corrected chi connectivity index (χ4v) is 7.75. The highest BCUT2D eigenvalue weighted by Gasteiger charge is 2.52. The molecule has 7 unspecified atom stereocenters. The zero-order valence-corrected chi connectivity index (χ0v) is 37.3. The maximum Gasteiger partial charge on any atom is 0.330 e. The van der Waals surface area contributed by atoms with Crippen LogP contribution >= 0.6 is 0 Å². The van der Waals surface area contributed by atoms with E-state index in [2.05, 4.69) is 0 Å². The Morgan fingerprint density at radius 1 is 0.652 bits per heavy atom. The number of carbonyl (C=O) groups is 1. The van der Waals surface area contributed by atoms with E-state index in [4.69, 9.17) is 51.8 Å². The third-order valence-electron chi connectivity index (χ3n) is 11.7. The van der Waals surface area contributed by atoms with E-state index in [1.54, 1.807) is 0 Å². The summed E-state index contributed by atoms with van der Waals surface area (Å²) in [7, 11) is 3.85. The van der Waals surface area contributed by atoms with Crippen molar-refractivity contribution in [2.24, 2.45) is 0 Å². The van der Waals surface area contributed by atoms with Crippen molar-refractivity contribution in [2.45, 2.75) is 106 Å². The second kappa shape index (κ2) is 20.9. The minimum Gasteiger partial charge on any atom is -0.507 e. The first-order valence-corrected chi connectivity index (χ1v) is 21.2. The van der Waals surface area contributed by atoms with Crippen LogP contribution in [0.4, 0.5) is 0 Å². The van der Waals surface area contributed by atoms with Gasteiger partial charge in [0.1, 0.15) is 84.0 Å². The molecule has 11 N–H and O–H groups in total. The second-order valence-electron chi connectivity index (χ2n) is 16.3. The molecule has 7 rings (SSSR count). The summed E-state index contributed by atoms with van der Waals surface area (Å²) in [4.78, 5) is 27.7. The highest BCUT2D eigenvalue weighted by molar-refractivity contribution is 5.89. The molecule has 15 atom stereocenters. The maximum absolute atomic E-state index is 14.7. The first-order chi connectivity index (χ1) is 32.8. The van der Waals surface area contributed by atoms with Gasteiger partial charge in [0, 0.05) is 23.8 Å². The zero-order valence-electron chi connectivity index (χ0n) is 37.3. The molecule has 0 amide bonds. The summed E-state index contributed by atoms with van der Waals surface area (Å²) in [6.07, 6.45) is -23.3. The van der Waals surface area contributed by atoms with E-state index in [1.165, 1.54) is 71.6 Å². The van der Waals surface area contributed by atoms with Crippen molar-refractivity contribution in [2.75, 3.05) is 27.9 Å². The van der Waals surface area contributed by atoms with Gasteiger partial charge in [0.2, 0.25) is 29.5 Å². The lowest BCUT2D eigenvalue weighted by molar-refractivity contribution is -0.354. The third kappa shape index (κ3) is 10.3. The van der Waals surface area contributed by atoms with Crippen molar-refractivity contribution in [1.82, 2.24) is 0 Å². The summed E-state index contributed by atoms with van der Waals surface area (Å²) in [6, 6.07) is 8.57. The summed E-state index contributed by atoms with van der Waals surface area (Å²) in [5, 5.41) is 117. The lowest BCUT2D eigenvalue weighted by Crippen LogP contribution is -2.64. The van der Waals surface area contributed by atoms with Crippen LogP contribution in [0.25, 0.3) is 28.4 Å². The molecule has 3 aromatic carbocycles. The van der Waals surface area contributed by atoms with Crippen LogP contribution in [0.1, 0.15) is 19.4 Å². The molecule has 24 heteroatoms. The largest absolute Gasteiger partial charge is 0.507 e. The van der Waals surface area contributed by atoms with Crippen LogP contribution in [0.3, 0.4) is 0 Å². The van der Waals surface area contributed by atoms with E-state index >= 15 is 0 Å². The summed E-state index contributed by atoms with van der Waals surface area (Å²) >= 11 is 0. The van der Waals surface area contributed by atoms with E-state index in [9.17, 15) is 65.8 Å². The van der Waals surface area contributed by atoms with Crippen molar-refractivity contribution in [1.29, 1.82) is 0 Å². The van der Waals surface area contributed by atoms with Gasteiger partial charge in [-0.2, -0.15) is 0 Å². The van der Waals surface area contributed by atoms with Crippen LogP contribution in [-0.4, -0.2) is 182 Å².